The summed E-state index contributed by atoms with van der Waals surface area (Å²) in [5.74, 6) is 1.06. The third-order valence-electron chi connectivity index (χ3n) is 3.81. The van der Waals surface area contributed by atoms with E-state index in [4.69, 9.17) is 4.74 Å². The molecule has 3 rings (SSSR count). The van der Waals surface area contributed by atoms with E-state index in [0.717, 1.165) is 0 Å². The van der Waals surface area contributed by atoms with Crippen LogP contribution in [-0.4, -0.2) is 70.1 Å². The topological polar surface area (TPSA) is 102 Å². The number of nitrogens with one attached hydrogen (secondary N) is 1. The molecule has 0 amide bonds. The van der Waals surface area contributed by atoms with E-state index in [0.29, 0.717) is 24.7 Å². The zero-order valence-corrected chi connectivity index (χ0v) is 15.1. The number of sulfonamides is 1. The molecular formula is C15H22N6O3S. The SMILES string of the molecule is CC1CN(S(=O)(=O)CCNc2cncc(-n3cccn3)n2)CC(C)O1. The molecular weight excluding hydrogens is 344 g/mol. The fourth-order valence-electron chi connectivity index (χ4n) is 2.75. The molecule has 0 saturated carbocycles. The van der Waals surface area contributed by atoms with Gasteiger partial charge in [-0.25, -0.2) is 18.1 Å². The highest BCUT2D eigenvalue weighted by Gasteiger charge is 2.30. The lowest BCUT2D eigenvalue weighted by atomic mass is 10.3. The van der Waals surface area contributed by atoms with Gasteiger partial charge in [-0.05, 0) is 19.9 Å². The highest BCUT2D eigenvalue weighted by atomic mass is 32.2. The third kappa shape index (κ3) is 4.53. The molecule has 9 nitrogen and oxygen atoms in total. The maximum Gasteiger partial charge on any atom is 0.216 e. The Balaban J connectivity index is 1.58. The molecule has 0 spiro atoms. The maximum absolute atomic E-state index is 12.5. The highest BCUT2D eigenvalue weighted by molar-refractivity contribution is 7.89. The van der Waals surface area contributed by atoms with Crippen LogP contribution in [0.2, 0.25) is 0 Å². The molecule has 2 atom stereocenters. The summed E-state index contributed by atoms with van der Waals surface area (Å²) in [4.78, 5) is 8.47. The standard InChI is InChI=1S/C15H22N6O3S/c1-12-10-20(11-13(2)24-12)25(22,23)7-5-17-14-8-16-9-15(19-14)21-6-3-4-18-21/h3-4,6,8-9,12-13H,5,7,10-11H2,1-2H3,(H,17,19). The molecule has 0 radical (unpaired) electrons. The third-order valence-corrected chi connectivity index (χ3v) is 5.61. The molecule has 2 unspecified atom stereocenters. The van der Waals surface area contributed by atoms with E-state index >= 15 is 0 Å². The monoisotopic (exact) mass is 366 g/mol. The number of hydrogen-bond donors (Lipinski definition) is 1. The summed E-state index contributed by atoms with van der Waals surface area (Å²) in [6.45, 7) is 4.79. The van der Waals surface area contributed by atoms with Gasteiger partial charge in [0, 0.05) is 32.0 Å². The number of rotatable bonds is 6. The van der Waals surface area contributed by atoms with Crippen LogP contribution in [0.25, 0.3) is 5.82 Å². The molecule has 2 aromatic rings. The predicted octanol–water partition coefficient (Wildman–Crippen LogP) is 0.513. The molecule has 0 aliphatic carbocycles. The average Bonchev–Trinajstić information content (AvgIpc) is 3.08. The molecule has 25 heavy (non-hydrogen) atoms. The van der Waals surface area contributed by atoms with Gasteiger partial charge in [0.1, 0.15) is 5.82 Å². The van der Waals surface area contributed by atoms with Crippen molar-refractivity contribution in [3.05, 3.63) is 30.9 Å². The van der Waals surface area contributed by atoms with Gasteiger partial charge in [-0.2, -0.15) is 9.40 Å². The van der Waals surface area contributed by atoms with E-state index in [1.807, 2.05) is 13.8 Å². The van der Waals surface area contributed by atoms with Crippen molar-refractivity contribution in [3.63, 3.8) is 0 Å². The van der Waals surface area contributed by atoms with Crippen molar-refractivity contribution < 1.29 is 13.2 Å². The normalized spacial score (nSPS) is 22.0. The Bertz CT molecular complexity index is 785. The van der Waals surface area contributed by atoms with Crippen LogP contribution in [-0.2, 0) is 14.8 Å². The second-order valence-corrected chi connectivity index (χ2v) is 8.12. The molecule has 10 heteroatoms. The molecule has 1 saturated heterocycles. The zero-order chi connectivity index (χ0) is 17.9. The number of morpholine rings is 1. The van der Waals surface area contributed by atoms with Crippen LogP contribution >= 0.6 is 0 Å². The first-order chi connectivity index (χ1) is 11.9. The lowest BCUT2D eigenvalue weighted by Gasteiger charge is -2.34. The van der Waals surface area contributed by atoms with Crippen molar-refractivity contribution in [1.82, 2.24) is 24.1 Å². The van der Waals surface area contributed by atoms with Crippen molar-refractivity contribution >= 4 is 15.8 Å². The van der Waals surface area contributed by atoms with Crippen molar-refractivity contribution in [2.45, 2.75) is 26.1 Å². The number of nitrogens with zero attached hydrogens (tertiary/aromatic N) is 5. The predicted molar refractivity (Wildman–Crippen MR) is 93.0 cm³/mol. The summed E-state index contributed by atoms with van der Waals surface area (Å²) in [6, 6.07) is 1.79. The Labute approximate surface area is 147 Å². The Morgan fingerprint density at radius 3 is 2.72 bits per heavy atom. The summed E-state index contributed by atoms with van der Waals surface area (Å²) in [5, 5.41) is 7.11. The Morgan fingerprint density at radius 2 is 2.04 bits per heavy atom. The smallest absolute Gasteiger partial charge is 0.216 e. The fourth-order valence-corrected chi connectivity index (χ4v) is 4.24. The number of hydrogen-bond acceptors (Lipinski definition) is 7. The van der Waals surface area contributed by atoms with Gasteiger partial charge in [0.2, 0.25) is 10.0 Å². The first kappa shape index (κ1) is 17.8. The first-order valence-corrected chi connectivity index (χ1v) is 9.74. The van der Waals surface area contributed by atoms with Gasteiger partial charge >= 0.3 is 0 Å². The van der Waals surface area contributed by atoms with Crippen LogP contribution < -0.4 is 5.32 Å². The van der Waals surface area contributed by atoms with Crippen molar-refractivity contribution in [2.75, 3.05) is 30.7 Å². The van der Waals surface area contributed by atoms with E-state index in [9.17, 15) is 8.42 Å². The second kappa shape index (κ2) is 7.46. The minimum Gasteiger partial charge on any atom is -0.373 e. The summed E-state index contributed by atoms with van der Waals surface area (Å²) in [6.07, 6.45) is 6.37. The zero-order valence-electron chi connectivity index (χ0n) is 14.2. The number of anilines is 1. The van der Waals surface area contributed by atoms with Crippen LogP contribution in [0.3, 0.4) is 0 Å². The minimum atomic E-state index is -3.35. The van der Waals surface area contributed by atoms with Gasteiger partial charge < -0.3 is 10.1 Å². The highest BCUT2D eigenvalue weighted by Crippen LogP contribution is 2.15. The molecule has 3 heterocycles. The van der Waals surface area contributed by atoms with Crippen LogP contribution in [0, 0.1) is 0 Å². The molecule has 1 N–H and O–H groups in total. The van der Waals surface area contributed by atoms with Crippen LogP contribution in [0.5, 0.6) is 0 Å². The number of ether oxygens (including phenoxy) is 1. The summed E-state index contributed by atoms with van der Waals surface area (Å²) in [7, 11) is -3.35. The first-order valence-electron chi connectivity index (χ1n) is 8.13. The van der Waals surface area contributed by atoms with Gasteiger partial charge in [0.25, 0.3) is 0 Å². The van der Waals surface area contributed by atoms with Crippen LogP contribution in [0.4, 0.5) is 5.82 Å². The summed E-state index contributed by atoms with van der Waals surface area (Å²) >= 11 is 0. The Morgan fingerprint density at radius 1 is 1.28 bits per heavy atom. The van der Waals surface area contributed by atoms with Gasteiger partial charge in [-0.3, -0.25) is 4.98 Å². The maximum atomic E-state index is 12.5. The molecule has 2 aromatic heterocycles. The van der Waals surface area contributed by atoms with Crippen LogP contribution in [0.15, 0.2) is 30.9 Å². The Hall–Kier alpha value is -2.04. The summed E-state index contributed by atoms with van der Waals surface area (Å²) < 4.78 is 33.7. The minimum absolute atomic E-state index is 0.0138. The van der Waals surface area contributed by atoms with E-state index in [-0.39, 0.29) is 24.5 Å². The number of aromatic nitrogens is 4. The van der Waals surface area contributed by atoms with E-state index in [1.54, 1.807) is 35.5 Å². The van der Waals surface area contributed by atoms with Gasteiger partial charge in [0.05, 0.1) is 30.4 Å². The fraction of sp³-hybridized carbons (Fsp3) is 0.533. The van der Waals surface area contributed by atoms with Crippen molar-refractivity contribution in [2.24, 2.45) is 0 Å². The van der Waals surface area contributed by atoms with Crippen LogP contribution in [0.1, 0.15) is 13.8 Å². The molecule has 0 aromatic carbocycles. The second-order valence-electron chi connectivity index (χ2n) is 6.03. The lowest BCUT2D eigenvalue weighted by Crippen LogP contribution is -2.49. The van der Waals surface area contributed by atoms with E-state index in [1.165, 1.54) is 4.31 Å². The van der Waals surface area contributed by atoms with Crippen molar-refractivity contribution in [3.8, 4) is 5.82 Å². The quantitative estimate of drug-likeness (QED) is 0.795. The Kier molecular flexibility index (Phi) is 5.30. The lowest BCUT2D eigenvalue weighted by molar-refractivity contribution is -0.0440. The molecule has 1 fully saturated rings. The van der Waals surface area contributed by atoms with Gasteiger partial charge in [0.15, 0.2) is 5.82 Å². The van der Waals surface area contributed by atoms with Gasteiger partial charge in [-0.15, -0.1) is 0 Å². The van der Waals surface area contributed by atoms with Gasteiger partial charge in [-0.1, -0.05) is 0 Å². The molecule has 136 valence electrons. The summed E-state index contributed by atoms with van der Waals surface area (Å²) in [5.41, 5.74) is 0. The average molecular weight is 366 g/mol. The molecule has 1 aliphatic heterocycles. The van der Waals surface area contributed by atoms with E-state index < -0.39 is 10.0 Å². The largest absolute Gasteiger partial charge is 0.373 e. The molecule has 0 bridgehead atoms. The van der Waals surface area contributed by atoms with E-state index in [2.05, 4.69) is 20.4 Å². The molecule has 1 aliphatic rings. The van der Waals surface area contributed by atoms with Crippen molar-refractivity contribution in [1.29, 1.82) is 0 Å².